The van der Waals surface area contributed by atoms with Crippen LogP contribution in [0.4, 0.5) is 0 Å². The Bertz CT molecular complexity index is 358. The molecule has 19 heavy (non-hydrogen) atoms. The van der Waals surface area contributed by atoms with Crippen LogP contribution in [0.3, 0.4) is 0 Å². The van der Waals surface area contributed by atoms with Gasteiger partial charge in [-0.05, 0) is 50.6 Å². The first-order chi connectivity index (χ1) is 9.20. The molecule has 1 aliphatic carbocycles. The van der Waals surface area contributed by atoms with Crippen molar-refractivity contribution in [3.63, 3.8) is 0 Å². The highest BCUT2D eigenvalue weighted by Gasteiger charge is 2.37. The monoisotopic (exact) mass is 282 g/mol. The van der Waals surface area contributed by atoms with Crippen LogP contribution in [0.15, 0.2) is 17.5 Å². The highest BCUT2D eigenvalue weighted by Crippen LogP contribution is 2.33. The molecule has 0 amide bonds. The summed E-state index contributed by atoms with van der Waals surface area (Å²) in [6.45, 7) is 1.85. The van der Waals surface area contributed by atoms with Gasteiger partial charge < -0.3 is 10.5 Å². The number of nitrogens with zero attached hydrogens (tertiary/aromatic N) is 1. The molecule has 2 rings (SSSR count). The largest absolute Gasteiger partial charge is 0.381 e. The standard InChI is InChI=1S/C15H26N2OS/c1-17(10-7-14-4-3-11-19-14)15(12-16)8-5-13(18-2)6-9-15/h3-4,11,13H,5-10,12,16H2,1-2H3. The first-order valence-electron chi connectivity index (χ1n) is 7.17. The molecule has 0 bridgehead atoms. The van der Waals surface area contributed by atoms with E-state index in [0.29, 0.717) is 6.10 Å². The van der Waals surface area contributed by atoms with Crippen LogP contribution in [0.1, 0.15) is 30.6 Å². The van der Waals surface area contributed by atoms with Gasteiger partial charge in [-0.1, -0.05) is 6.07 Å². The molecule has 3 nitrogen and oxygen atoms in total. The molecule has 1 fully saturated rings. The summed E-state index contributed by atoms with van der Waals surface area (Å²) in [5.41, 5.74) is 6.28. The van der Waals surface area contributed by atoms with Gasteiger partial charge in [0.05, 0.1) is 6.10 Å². The Labute approximate surface area is 120 Å². The van der Waals surface area contributed by atoms with E-state index in [1.54, 1.807) is 0 Å². The molecule has 1 aromatic heterocycles. The molecule has 1 saturated carbocycles. The fourth-order valence-electron chi connectivity index (χ4n) is 3.08. The molecule has 1 aromatic rings. The van der Waals surface area contributed by atoms with E-state index in [-0.39, 0.29) is 5.54 Å². The molecule has 108 valence electrons. The highest BCUT2D eigenvalue weighted by atomic mass is 32.1. The van der Waals surface area contributed by atoms with Gasteiger partial charge in [0, 0.05) is 30.6 Å². The Kier molecular flexibility index (Phi) is 5.39. The van der Waals surface area contributed by atoms with Crippen LogP contribution in [-0.4, -0.2) is 43.8 Å². The summed E-state index contributed by atoms with van der Waals surface area (Å²) < 4.78 is 5.47. The number of nitrogens with two attached hydrogens (primary N) is 1. The molecule has 0 radical (unpaired) electrons. The molecule has 1 aliphatic rings. The molecular weight excluding hydrogens is 256 g/mol. The summed E-state index contributed by atoms with van der Waals surface area (Å²) in [6.07, 6.45) is 6.15. The van der Waals surface area contributed by atoms with Gasteiger partial charge in [0.2, 0.25) is 0 Å². The van der Waals surface area contributed by atoms with Crippen molar-refractivity contribution in [2.75, 3.05) is 27.2 Å². The van der Waals surface area contributed by atoms with E-state index in [4.69, 9.17) is 10.5 Å². The van der Waals surface area contributed by atoms with Crippen molar-refractivity contribution < 1.29 is 4.74 Å². The van der Waals surface area contributed by atoms with Crippen molar-refractivity contribution >= 4 is 11.3 Å². The molecule has 0 spiro atoms. The number of ether oxygens (including phenoxy) is 1. The molecular formula is C15H26N2OS. The number of hydrogen-bond acceptors (Lipinski definition) is 4. The predicted octanol–water partition coefficient (Wildman–Crippen LogP) is 2.51. The molecule has 0 saturated heterocycles. The van der Waals surface area contributed by atoms with Crippen LogP contribution >= 0.6 is 11.3 Å². The summed E-state index contributed by atoms with van der Waals surface area (Å²) in [4.78, 5) is 3.95. The number of methoxy groups -OCH3 is 1. The normalized spacial score (nSPS) is 27.9. The summed E-state index contributed by atoms with van der Waals surface area (Å²) in [5.74, 6) is 0. The summed E-state index contributed by atoms with van der Waals surface area (Å²) in [5, 5.41) is 2.15. The van der Waals surface area contributed by atoms with E-state index in [9.17, 15) is 0 Å². The Hall–Kier alpha value is -0.420. The van der Waals surface area contributed by atoms with Gasteiger partial charge in [-0.25, -0.2) is 0 Å². The van der Waals surface area contributed by atoms with E-state index in [2.05, 4.69) is 29.5 Å². The van der Waals surface area contributed by atoms with Crippen LogP contribution in [0.5, 0.6) is 0 Å². The zero-order valence-electron chi connectivity index (χ0n) is 12.1. The maximum absolute atomic E-state index is 6.10. The maximum atomic E-state index is 6.10. The van der Waals surface area contributed by atoms with Gasteiger partial charge in [0.15, 0.2) is 0 Å². The fraction of sp³-hybridized carbons (Fsp3) is 0.733. The molecule has 4 heteroatoms. The molecule has 0 unspecified atom stereocenters. The lowest BCUT2D eigenvalue weighted by atomic mass is 9.79. The van der Waals surface area contributed by atoms with Crippen molar-refractivity contribution in [3.8, 4) is 0 Å². The van der Waals surface area contributed by atoms with E-state index in [1.165, 1.54) is 4.88 Å². The number of hydrogen-bond donors (Lipinski definition) is 1. The van der Waals surface area contributed by atoms with Gasteiger partial charge in [-0.3, -0.25) is 4.90 Å². The third kappa shape index (κ3) is 3.57. The molecule has 1 heterocycles. The van der Waals surface area contributed by atoms with Crippen molar-refractivity contribution in [1.29, 1.82) is 0 Å². The molecule has 0 aromatic carbocycles. The van der Waals surface area contributed by atoms with E-state index < -0.39 is 0 Å². The minimum absolute atomic E-state index is 0.187. The lowest BCUT2D eigenvalue weighted by molar-refractivity contribution is 0.00391. The van der Waals surface area contributed by atoms with Gasteiger partial charge in [0.1, 0.15) is 0 Å². The third-order valence-corrected chi connectivity index (χ3v) is 5.60. The smallest absolute Gasteiger partial charge is 0.0572 e. The number of rotatable bonds is 6. The van der Waals surface area contributed by atoms with E-state index in [0.717, 1.165) is 45.2 Å². The van der Waals surface area contributed by atoms with Crippen LogP contribution in [0, 0.1) is 0 Å². The third-order valence-electron chi connectivity index (χ3n) is 4.66. The van der Waals surface area contributed by atoms with Crippen molar-refractivity contribution in [2.24, 2.45) is 5.73 Å². The second-order valence-electron chi connectivity index (χ2n) is 5.61. The van der Waals surface area contributed by atoms with E-state index >= 15 is 0 Å². The summed E-state index contributed by atoms with van der Waals surface area (Å²) in [7, 11) is 4.05. The lowest BCUT2D eigenvalue weighted by Crippen LogP contribution is -2.55. The summed E-state index contributed by atoms with van der Waals surface area (Å²) >= 11 is 1.84. The number of likely N-dealkylation sites (N-methyl/N-ethyl adjacent to an activating group) is 1. The second kappa shape index (κ2) is 6.84. The van der Waals surface area contributed by atoms with Crippen molar-refractivity contribution in [1.82, 2.24) is 4.90 Å². The highest BCUT2D eigenvalue weighted by molar-refractivity contribution is 7.09. The van der Waals surface area contributed by atoms with Gasteiger partial charge in [0.25, 0.3) is 0 Å². The Morgan fingerprint density at radius 1 is 1.47 bits per heavy atom. The first kappa shape index (κ1) is 15.0. The summed E-state index contributed by atoms with van der Waals surface area (Å²) in [6, 6.07) is 4.35. The Balaban J connectivity index is 1.89. The van der Waals surface area contributed by atoms with Crippen LogP contribution < -0.4 is 5.73 Å². The minimum atomic E-state index is 0.187. The Morgan fingerprint density at radius 2 is 2.21 bits per heavy atom. The van der Waals surface area contributed by atoms with Crippen molar-refractivity contribution in [3.05, 3.63) is 22.4 Å². The molecule has 0 aliphatic heterocycles. The first-order valence-corrected chi connectivity index (χ1v) is 8.04. The average molecular weight is 282 g/mol. The van der Waals surface area contributed by atoms with Crippen LogP contribution in [0.2, 0.25) is 0 Å². The van der Waals surface area contributed by atoms with Gasteiger partial charge >= 0.3 is 0 Å². The maximum Gasteiger partial charge on any atom is 0.0572 e. The Morgan fingerprint density at radius 3 is 2.74 bits per heavy atom. The second-order valence-corrected chi connectivity index (χ2v) is 6.65. The predicted molar refractivity (Wildman–Crippen MR) is 81.7 cm³/mol. The zero-order valence-corrected chi connectivity index (χ0v) is 12.9. The lowest BCUT2D eigenvalue weighted by Gasteiger charge is -2.45. The quantitative estimate of drug-likeness (QED) is 0.871. The van der Waals surface area contributed by atoms with Gasteiger partial charge in [-0.15, -0.1) is 11.3 Å². The van der Waals surface area contributed by atoms with Crippen LogP contribution in [-0.2, 0) is 11.2 Å². The molecule has 2 N–H and O–H groups in total. The topological polar surface area (TPSA) is 38.5 Å². The van der Waals surface area contributed by atoms with E-state index in [1.807, 2.05) is 18.4 Å². The molecule has 0 atom stereocenters. The zero-order chi connectivity index (χ0) is 13.7. The minimum Gasteiger partial charge on any atom is -0.381 e. The number of thiophene rings is 1. The van der Waals surface area contributed by atoms with Crippen molar-refractivity contribution in [2.45, 2.75) is 43.7 Å². The fourth-order valence-corrected chi connectivity index (χ4v) is 3.77. The van der Waals surface area contributed by atoms with Gasteiger partial charge in [-0.2, -0.15) is 0 Å². The SMILES string of the molecule is COC1CCC(CN)(N(C)CCc2cccs2)CC1. The average Bonchev–Trinajstić information content (AvgIpc) is 2.98. The van der Waals surface area contributed by atoms with Crippen LogP contribution in [0.25, 0.3) is 0 Å².